The Morgan fingerprint density at radius 1 is 0.675 bits per heavy atom. The fourth-order valence-corrected chi connectivity index (χ4v) is 5.67. The molecule has 5 heterocycles. The number of benzene rings is 1. The first-order chi connectivity index (χ1) is 19.6. The molecule has 1 aliphatic carbocycles. The van der Waals surface area contributed by atoms with Crippen LogP contribution in [0, 0.1) is 0 Å². The number of anilines is 2. The summed E-state index contributed by atoms with van der Waals surface area (Å²) < 4.78 is 0. The summed E-state index contributed by atoms with van der Waals surface area (Å²) in [5.74, 6) is 5.64. The van der Waals surface area contributed by atoms with Crippen molar-refractivity contribution in [3.8, 4) is 0 Å². The number of allylic oxidation sites excluding steroid dienone is 4. The topological polar surface area (TPSA) is 105 Å². The first kappa shape index (κ1) is 23.8. The number of nitrogens with zero attached hydrogens (tertiary/aromatic N) is 4. The Morgan fingerprint density at radius 2 is 1.25 bits per heavy atom. The highest BCUT2D eigenvalue weighted by Gasteiger charge is 2.30. The minimum atomic E-state index is 0.617. The molecule has 8 heteroatoms. The Hall–Kier alpha value is -5.24. The van der Waals surface area contributed by atoms with E-state index in [0.29, 0.717) is 29.1 Å². The number of amidine groups is 4. The molecule has 40 heavy (non-hydrogen) atoms. The average molecular weight is 525 g/mol. The summed E-state index contributed by atoms with van der Waals surface area (Å²) >= 11 is 0. The molecule has 1 aromatic carbocycles. The summed E-state index contributed by atoms with van der Waals surface area (Å²) in [7, 11) is 0. The lowest BCUT2D eigenvalue weighted by atomic mass is 9.98. The second-order valence-electron chi connectivity index (χ2n) is 9.74. The van der Waals surface area contributed by atoms with E-state index in [1.165, 1.54) is 0 Å². The Labute approximate surface area is 231 Å². The molecule has 0 amide bonds. The van der Waals surface area contributed by atoms with Gasteiger partial charge in [0.2, 0.25) is 0 Å². The lowest BCUT2D eigenvalue weighted by Crippen LogP contribution is -2.15. The summed E-state index contributed by atoms with van der Waals surface area (Å²) in [4.78, 5) is 27.0. The van der Waals surface area contributed by atoms with Crippen LogP contribution in [0.15, 0.2) is 104 Å². The molecular formula is C32H28N8. The maximum atomic E-state index is 5.05. The highest BCUT2D eigenvalue weighted by molar-refractivity contribution is 6.31. The molecule has 4 aliphatic rings. The summed E-state index contributed by atoms with van der Waals surface area (Å²) in [6.07, 6.45) is 14.0. The molecular weight excluding hydrogens is 496 g/mol. The van der Waals surface area contributed by atoms with E-state index in [9.17, 15) is 0 Å². The first-order valence-electron chi connectivity index (χ1n) is 13.4. The molecule has 0 atom stereocenters. The maximum absolute atomic E-state index is 5.05. The SMILES string of the molecule is C=Cc1c2[nH]c(c1C=C)NC1=NC(=Nc3[nH]c(c4ccccc34)N=C3N=C(N2)C2=CCCC=C23)C(=C/C)/C1=C\C. The molecule has 196 valence electrons. The van der Waals surface area contributed by atoms with Crippen LogP contribution in [0.4, 0.5) is 23.3 Å². The van der Waals surface area contributed by atoms with Gasteiger partial charge in [-0.25, -0.2) is 20.0 Å². The molecule has 2 aromatic heterocycles. The van der Waals surface area contributed by atoms with Crippen molar-refractivity contribution in [2.75, 3.05) is 10.6 Å². The molecule has 7 rings (SSSR count). The van der Waals surface area contributed by atoms with Gasteiger partial charge in [-0.15, -0.1) is 0 Å². The van der Waals surface area contributed by atoms with E-state index in [1.54, 1.807) is 0 Å². The predicted octanol–water partition coefficient (Wildman–Crippen LogP) is 7.74. The van der Waals surface area contributed by atoms with Crippen molar-refractivity contribution in [3.63, 3.8) is 0 Å². The Morgan fingerprint density at radius 3 is 1.88 bits per heavy atom. The van der Waals surface area contributed by atoms with Crippen molar-refractivity contribution < 1.29 is 0 Å². The summed E-state index contributed by atoms with van der Waals surface area (Å²) in [5, 5.41) is 9.00. The summed E-state index contributed by atoms with van der Waals surface area (Å²) in [6, 6.07) is 8.13. The van der Waals surface area contributed by atoms with Crippen molar-refractivity contribution in [3.05, 3.63) is 95.1 Å². The van der Waals surface area contributed by atoms with E-state index < -0.39 is 0 Å². The molecule has 0 saturated heterocycles. The van der Waals surface area contributed by atoms with Gasteiger partial charge in [0.05, 0.1) is 0 Å². The number of hydrogen-bond donors (Lipinski definition) is 4. The van der Waals surface area contributed by atoms with Gasteiger partial charge in [0.25, 0.3) is 0 Å². The maximum Gasteiger partial charge on any atom is 0.164 e. The molecule has 0 unspecified atom stereocenters. The Balaban J connectivity index is 1.53. The minimum Gasteiger partial charge on any atom is -0.327 e. The molecule has 0 spiro atoms. The lowest BCUT2D eigenvalue weighted by Gasteiger charge is -2.11. The molecule has 0 radical (unpaired) electrons. The van der Waals surface area contributed by atoms with Crippen molar-refractivity contribution in [2.24, 2.45) is 20.0 Å². The van der Waals surface area contributed by atoms with Gasteiger partial charge in [0.15, 0.2) is 11.7 Å². The summed E-state index contributed by atoms with van der Waals surface area (Å²) in [6.45, 7) is 12.1. The van der Waals surface area contributed by atoms with Gasteiger partial charge in [-0.05, 0) is 26.7 Å². The van der Waals surface area contributed by atoms with E-state index in [0.717, 1.165) is 74.5 Å². The number of rotatable bonds is 2. The highest BCUT2D eigenvalue weighted by Crippen LogP contribution is 2.39. The fourth-order valence-electron chi connectivity index (χ4n) is 5.67. The second-order valence-corrected chi connectivity index (χ2v) is 9.74. The van der Waals surface area contributed by atoms with Crippen molar-refractivity contribution in [1.29, 1.82) is 0 Å². The molecule has 3 aliphatic heterocycles. The van der Waals surface area contributed by atoms with Gasteiger partial charge in [0, 0.05) is 44.2 Å². The quantitative estimate of drug-likeness (QED) is 0.275. The van der Waals surface area contributed by atoms with Crippen LogP contribution in [-0.4, -0.2) is 33.3 Å². The first-order valence-corrected chi connectivity index (χ1v) is 13.4. The van der Waals surface area contributed by atoms with Crippen LogP contribution in [0.25, 0.3) is 22.9 Å². The predicted molar refractivity (Wildman–Crippen MR) is 168 cm³/mol. The number of aliphatic imine (C=N–C) groups is 4. The van der Waals surface area contributed by atoms with Gasteiger partial charge < -0.3 is 20.6 Å². The highest BCUT2D eigenvalue weighted by atomic mass is 15.2. The zero-order chi connectivity index (χ0) is 27.4. The Kier molecular flexibility index (Phi) is 5.48. The van der Waals surface area contributed by atoms with Crippen LogP contribution < -0.4 is 10.6 Å². The van der Waals surface area contributed by atoms with Gasteiger partial charge in [-0.2, -0.15) is 0 Å². The van der Waals surface area contributed by atoms with E-state index in [1.807, 2.05) is 50.3 Å². The summed E-state index contributed by atoms with van der Waals surface area (Å²) in [5.41, 5.74) is 5.75. The standard InChI is InChI=1S/C32H28N8/c1-5-17-19(7-3)27-34-25(17)33-26-18(6-2)20(8-4)28(35-26)37-30-22-14-10-12-16-24(22)32(39-30)40-31-23-15-11-9-13-21(23)29(36-27)38-31/h5-8,10,12-16,34,39H,1,3,9,11H2,2,4H3,(H,33,35,37)(H,36,38,40)/b18-6+,20-8+. The van der Waals surface area contributed by atoms with Crippen LogP contribution >= 0.6 is 0 Å². The number of aromatic amines is 2. The number of hydrogen-bond acceptors (Lipinski definition) is 6. The molecule has 0 saturated carbocycles. The van der Waals surface area contributed by atoms with Crippen LogP contribution in [-0.2, 0) is 0 Å². The van der Waals surface area contributed by atoms with E-state index in [2.05, 4.69) is 58.0 Å². The zero-order valence-electron chi connectivity index (χ0n) is 22.4. The lowest BCUT2D eigenvalue weighted by molar-refractivity contribution is 1.02. The third kappa shape index (κ3) is 3.53. The van der Waals surface area contributed by atoms with Gasteiger partial charge in [0.1, 0.15) is 34.9 Å². The van der Waals surface area contributed by atoms with Crippen molar-refractivity contribution in [1.82, 2.24) is 9.97 Å². The Bertz CT molecular complexity index is 1790. The molecule has 8 nitrogen and oxygen atoms in total. The number of H-pyrrole nitrogens is 2. The normalized spacial score (nSPS) is 19.6. The number of aromatic nitrogens is 2. The second kappa shape index (κ2) is 9.20. The number of fused-ring (bicyclic) bond motifs is 12. The van der Waals surface area contributed by atoms with Gasteiger partial charge in [-0.1, -0.05) is 73.9 Å². The van der Waals surface area contributed by atoms with Crippen LogP contribution in [0.2, 0.25) is 0 Å². The van der Waals surface area contributed by atoms with Crippen LogP contribution in [0.3, 0.4) is 0 Å². The van der Waals surface area contributed by atoms with Crippen LogP contribution in [0.1, 0.15) is 37.8 Å². The van der Waals surface area contributed by atoms with Crippen molar-refractivity contribution in [2.45, 2.75) is 26.7 Å². The molecule has 8 bridgehead atoms. The smallest absolute Gasteiger partial charge is 0.164 e. The third-order valence-electron chi connectivity index (χ3n) is 7.53. The molecule has 3 aromatic rings. The van der Waals surface area contributed by atoms with E-state index in [4.69, 9.17) is 20.0 Å². The monoisotopic (exact) mass is 524 g/mol. The zero-order valence-corrected chi connectivity index (χ0v) is 22.4. The van der Waals surface area contributed by atoms with E-state index in [-0.39, 0.29) is 0 Å². The molecule has 4 N–H and O–H groups in total. The van der Waals surface area contributed by atoms with Gasteiger partial charge in [-0.3, -0.25) is 0 Å². The minimum absolute atomic E-state index is 0.617. The number of nitrogens with one attached hydrogen (secondary N) is 4. The van der Waals surface area contributed by atoms with Gasteiger partial charge >= 0.3 is 0 Å². The average Bonchev–Trinajstić information content (AvgIpc) is 3.70. The van der Waals surface area contributed by atoms with Crippen molar-refractivity contribution >= 4 is 69.5 Å². The van der Waals surface area contributed by atoms with E-state index >= 15 is 0 Å². The largest absolute Gasteiger partial charge is 0.327 e. The third-order valence-corrected chi connectivity index (χ3v) is 7.53. The van der Waals surface area contributed by atoms with Crippen LogP contribution in [0.5, 0.6) is 0 Å². The fraction of sp³-hybridized carbons (Fsp3) is 0.125. The molecule has 0 fully saturated rings.